The number of anilines is 1. The van der Waals surface area contributed by atoms with Crippen molar-refractivity contribution >= 4 is 28.3 Å². The SMILES string of the molecule is O=[N+]([O-])c1ccccc1N1CC=C(c2cccs2)CC1. The second kappa shape index (κ2) is 5.46. The van der Waals surface area contributed by atoms with Crippen LogP contribution in [0.15, 0.2) is 47.9 Å². The first-order valence-corrected chi connectivity index (χ1v) is 7.35. The van der Waals surface area contributed by atoms with E-state index in [1.54, 1.807) is 23.5 Å². The molecule has 20 heavy (non-hydrogen) atoms. The quantitative estimate of drug-likeness (QED) is 0.634. The molecule has 0 atom stereocenters. The van der Waals surface area contributed by atoms with Gasteiger partial charge in [-0.2, -0.15) is 0 Å². The molecule has 4 nitrogen and oxygen atoms in total. The van der Waals surface area contributed by atoms with E-state index in [0.29, 0.717) is 5.69 Å². The van der Waals surface area contributed by atoms with Crippen LogP contribution in [0.4, 0.5) is 11.4 Å². The van der Waals surface area contributed by atoms with Gasteiger partial charge in [0, 0.05) is 24.0 Å². The summed E-state index contributed by atoms with van der Waals surface area (Å²) in [5.41, 5.74) is 2.23. The lowest BCUT2D eigenvalue weighted by Crippen LogP contribution is -2.28. The molecular weight excluding hydrogens is 272 g/mol. The van der Waals surface area contributed by atoms with E-state index in [1.807, 2.05) is 12.1 Å². The van der Waals surface area contributed by atoms with Crippen molar-refractivity contribution in [1.82, 2.24) is 0 Å². The predicted octanol–water partition coefficient (Wildman–Crippen LogP) is 3.95. The Bertz CT molecular complexity index is 650. The fourth-order valence-corrected chi connectivity index (χ4v) is 3.26. The van der Waals surface area contributed by atoms with E-state index in [2.05, 4.69) is 28.5 Å². The molecule has 2 aromatic rings. The summed E-state index contributed by atoms with van der Waals surface area (Å²) in [5.74, 6) is 0. The fraction of sp³-hybridized carbons (Fsp3) is 0.200. The lowest BCUT2D eigenvalue weighted by molar-refractivity contribution is -0.384. The fourth-order valence-electron chi connectivity index (χ4n) is 2.46. The Morgan fingerprint density at radius 2 is 2.05 bits per heavy atom. The van der Waals surface area contributed by atoms with Crippen LogP contribution >= 0.6 is 11.3 Å². The Morgan fingerprint density at radius 3 is 2.70 bits per heavy atom. The molecule has 1 aromatic carbocycles. The molecule has 0 saturated carbocycles. The van der Waals surface area contributed by atoms with Gasteiger partial charge >= 0.3 is 0 Å². The van der Waals surface area contributed by atoms with Gasteiger partial charge in [-0.05, 0) is 29.5 Å². The normalized spacial score (nSPS) is 15.0. The number of hydrogen-bond donors (Lipinski definition) is 0. The van der Waals surface area contributed by atoms with Crippen molar-refractivity contribution in [1.29, 1.82) is 0 Å². The monoisotopic (exact) mass is 286 g/mol. The summed E-state index contributed by atoms with van der Waals surface area (Å²) in [7, 11) is 0. The lowest BCUT2D eigenvalue weighted by Gasteiger charge is -2.27. The van der Waals surface area contributed by atoms with E-state index in [-0.39, 0.29) is 10.6 Å². The van der Waals surface area contributed by atoms with Crippen LogP contribution in [0.25, 0.3) is 5.57 Å². The molecule has 0 unspecified atom stereocenters. The van der Waals surface area contributed by atoms with Crippen molar-refractivity contribution in [3.8, 4) is 0 Å². The minimum atomic E-state index is -0.312. The van der Waals surface area contributed by atoms with Gasteiger partial charge in [-0.15, -0.1) is 11.3 Å². The number of benzene rings is 1. The number of nitro groups is 1. The molecule has 1 aromatic heterocycles. The lowest BCUT2D eigenvalue weighted by atomic mass is 10.1. The van der Waals surface area contributed by atoms with Gasteiger partial charge in [-0.25, -0.2) is 0 Å². The van der Waals surface area contributed by atoms with Gasteiger partial charge in [0.05, 0.1) is 4.92 Å². The molecule has 0 N–H and O–H groups in total. The minimum Gasteiger partial charge on any atom is -0.362 e. The van der Waals surface area contributed by atoms with Crippen molar-refractivity contribution < 1.29 is 4.92 Å². The molecule has 102 valence electrons. The zero-order valence-corrected chi connectivity index (χ0v) is 11.7. The molecule has 1 aliphatic heterocycles. The van der Waals surface area contributed by atoms with E-state index in [4.69, 9.17) is 0 Å². The third kappa shape index (κ3) is 2.44. The molecule has 0 radical (unpaired) electrons. The van der Waals surface area contributed by atoms with Gasteiger partial charge in [0.15, 0.2) is 0 Å². The van der Waals surface area contributed by atoms with Crippen molar-refractivity contribution in [3.63, 3.8) is 0 Å². The highest BCUT2D eigenvalue weighted by molar-refractivity contribution is 7.11. The van der Waals surface area contributed by atoms with E-state index in [9.17, 15) is 10.1 Å². The predicted molar refractivity (Wildman–Crippen MR) is 82.2 cm³/mol. The molecule has 0 aliphatic carbocycles. The first-order chi connectivity index (χ1) is 9.75. The molecular formula is C15H14N2O2S. The average molecular weight is 286 g/mol. The van der Waals surface area contributed by atoms with Gasteiger partial charge in [-0.3, -0.25) is 10.1 Å². The third-order valence-electron chi connectivity index (χ3n) is 3.47. The topological polar surface area (TPSA) is 46.4 Å². The Kier molecular flexibility index (Phi) is 3.52. The maximum atomic E-state index is 11.1. The standard InChI is InChI=1S/C15H14N2O2S/c18-17(19)14-5-2-1-4-13(14)16-9-7-12(8-10-16)15-6-3-11-20-15/h1-7,11H,8-10H2. The molecule has 3 rings (SSSR count). The summed E-state index contributed by atoms with van der Waals surface area (Å²) in [6.07, 6.45) is 3.10. The summed E-state index contributed by atoms with van der Waals surface area (Å²) in [4.78, 5) is 14.1. The smallest absolute Gasteiger partial charge is 0.292 e. The van der Waals surface area contributed by atoms with Gasteiger partial charge < -0.3 is 4.90 Å². The molecule has 5 heteroatoms. The highest BCUT2D eigenvalue weighted by Gasteiger charge is 2.21. The molecule has 0 saturated heterocycles. The van der Waals surface area contributed by atoms with E-state index < -0.39 is 0 Å². The van der Waals surface area contributed by atoms with E-state index in [1.165, 1.54) is 10.5 Å². The number of rotatable bonds is 3. The van der Waals surface area contributed by atoms with Crippen molar-refractivity contribution in [3.05, 3.63) is 62.8 Å². The Labute approximate surface area is 121 Å². The number of hydrogen-bond acceptors (Lipinski definition) is 4. The first kappa shape index (κ1) is 12.9. The summed E-state index contributed by atoms with van der Waals surface area (Å²) < 4.78 is 0. The average Bonchev–Trinajstić information content (AvgIpc) is 3.02. The van der Waals surface area contributed by atoms with Gasteiger partial charge in [0.25, 0.3) is 5.69 Å². The number of nitro benzene ring substituents is 1. The van der Waals surface area contributed by atoms with Crippen LogP contribution in [0, 0.1) is 10.1 Å². The summed E-state index contributed by atoms with van der Waals surface area (Å²) in [5, 5.41) is 13.2. The van der Waals surface area contributed by atoms with Gasteiger partial charge in [0.1, 0.15) is 5.69 Å². The van der Waals surface area contributed by atoms with Crippen molar-refractivity contribution in [2.24, 2.45) is 0 Å². The van der Waals surface area contributed by atoms with Crippen LogP contribution < -0.4 is 4.90 Å². The molecule has 0 bridgehead atoms. The van der Waals surface area contributed by atoms with Gasteiger partial charge in [-0.1, -0.05) is 24.3 Å². The molecule has 0 amide bonds. The zero-order valence-electron chi connectivity index (χ0n) is 10.9. The Hall–Kier alpha value is -2.14. The second-order valence-corrected chi connectivity index (χ2v) is 5.60. The van der Waals surface area contributed by atoms with Crippen LogP contribution in [-0.2, 0) is 0 Å². The largest absolute Gasteiger partial charge is 0.362 e. The molecule has 2 heterocycles. The minimum absolute atomic E-state index is 0.181. The highest BCUT2D eigenvalue weighted by Crippen LogP contribution is 2.32. The Balaban J connectivity index is 1.83. The van der Waals surface area contributed by atoms with Crippen LogP contribution in [0.2, 0.25) is 0 Å². The van der Waals surface area contributed by atoms with Crippen LogP contribution in [0.3, 0.4) is 0 Å². The van der Waals surface area contributed by atoms with Crippen LogP contribution in [0.1, 0.15) is 11.3 Å². The zero-order chi connectivity index (χ0) is 13.9. The maximum absolute atomic E-state index is 11.1. The summed E-state index contributed by atoms with van der Waals surface area (Å²) in [6.45, 7) is 1.53. The van der Waals surface area contributed by atoms with E-state index in [0.717, 1.165) is 19.5 Å². The van der Waals surface area contributed by atoms with Crippen LogP contribution in [-0.4, -0.2) is 18.0 Å². The van der Waals surface area contributed by atoms with Gasteiger partial charge in [0.2, 0.25) is 0 Å². The molecule has 0 fully saturated rings. The summed E-state index contributed by atoms with van der Waals surface area (Å²) >= 11 is 1.74. The number of para-hydroxylation sites is 2. The summed E-state index contributed by atoms with van der Waals surface area (Å²) in [6, 6.07) is 11.1. The number of thiophene rings is 1. The van der Waals surface area contributed by atoms with Crippen molar-refractivity contribution in [2.45, 2.75) is 6.42 Å². The first-order valence-electron chi connectivity index (χ1n) is 6.47. The highest BCUT2D eigenvalue weighted by atomic mass is 32.1. The van der Waals surface area contributed by atoms with Crippen LogP contribution in [0.5, 0.6) is 0 Å². The molecule has 1 aliphatic rings. The third-order valence-corrected chi connectivity index (χ3v) is 4.41. The molecule has 0 spiro atoms. The van der Waals surface area contributed by atoms with E-state index >= 15 is 0 Å². The second-order valence-electron chi connectivity index (χ2n) is 4.65. The maximum Gasteiger partial charge on any atom is 0.292 e. The Morgan fingerprint density at radius 1 is 1.20 bits per heavy atom. The van der Waals surface area contributed by atoms with Crippen molar-refractivity contribution in [2.75, 3.05) is 18.0 Å². The number of nitrogens with zero attached hydrogens (tertiary/aromatic N) is 2.